The molecule has 0 saturated heterocycles. The van der Waals surface area contributed by atoms with Crippen LogP contribution < -0.4 is 14.2 Å². The largest absolute Gasteiger partial charge is 0.489 e. The van der Waals surface area contributed by atoms with Gasteiger partial charge >= 0.3 is 5.97 Å². The third kappa shape index (κ3) is 5.59. The molecule has 0 bridgehead atoms. The first-order chi connectivity index (χ1) is 17.0. The van der Waals surface area contributed by atoms with Crippen molar-refractivity contribution in [2.75, 3.05) is 6.79 Å². The molecule has 10 heteroatoms. The van der Waals surface area contributed by atoms with Crippen LogP contribution >= 0.6 is 23.4 Å². The van der Waals surface area contributed by atoms with Crippen LogP contribution in [0.2, 0.25) is 5.02 Å². The van der Waals surface area contributed by atoms with E-state index in [4.69, 9.17) is 30.2 Å². The second-order valence-corrected chi connectivity index (χ2v) is 8.77. The lowest BCUT2D eigenvalue weighted by atomic mass is 10.2. The SMILES string of the molecule is O=C(O)/C(=C/c1ccc(OCc2ccc3c(c2)OCO3)cc1)Sc1nnc(-c2ccc(Cl)cc2)o1. The molecule has 0 radical (unpaired) electrons. The van der Waals surface area contributed by atoms with Crippen LogP contribution in [0, 0.1) is 0 Å². The Morgan fingerprint density at radius 1 is 1.03 bits per heavy atom. The highest BCUT2D eigenvalue weighted by molar-refractivity contribution is 8.03. The number of thioether (sulfide) groups is 1. The van der Waals surface area contributed by atoms with Crippen molar-refractivity contribution in [2.45, 2.75) is 11.8 Å². The summed E-state index contributed by atoms with van der Waals surface area (Å²) in [5.74, 6) is 1.24. The molecule has 0 fully saturated rings. The highest BCUT2D eigenvalue weighted by Crippen LogP contribution is 2.33. The number of nitrogens with zero attached hydrogens (tertiary/aromatic N) is 2. The molecule has 1 N–H and O–H groups in total. The molecule has 1 aliphatic rings. The second-order valence-electron chi connectivity index (χ2n) is 7.34. The van der Waals surface area contributed by atoms with E-state index in [-0.39, 0.29) is 22.8 Å². The Balaban J connectivity index is 1.24. The van der Waals surface area contributed by atoms with Crippen LogP contribution in [-0.2, 0) is 11.4 Å². The van der Waals surface area contributed by atoms with Gasteiger partial charge in [0.05, 0.1) is 0 Å². The molecule has 0 spiro atoms. The lowest BCUT2D eigenvalue weighted by Crippen LogP contribution is -1.97. The smallest absolute Gasteiger partial charge is 0.342 e. The fourth-order valence-corrected chi connectivity index (χ4v) is 4.00. The molecule has 0 atom stereocenters. The van der Waals surface area contributed by atoms with Gasteiger partial charge in [-0.2, -0.15) is 0 Å². The number of halogens is 1. The molecule has 1 aliphatic heterocycles. The van der Waals surface area contributed by atoms with Crippen molar-refractivity contribution in [1.82, 2.24) is 10.2 Å². The molecule has 35 heavy (non-hydrogen) atoms. The number of carboxylic acids is 1. The molecule has 8 nitrogen and oxygen atoms in total. The minimum Gasteiger partial charge on any atom is -0.489 e. The van der Waals surface area contributed by atoms with Crippen molar-refractivity contribution in [3.8, 4) is 28.7 Å². The molecule has 176 valence electrons. The first-order valence-electron chi connectivity index (χ1n) is 10.4. The molecular formula is C25H17ClN2O6S. The number of benzene rings is 3. The lowest BCUT2D eigenvalue weighted by molar-refractivity contribution is -0.131. The third-order valence-electron chi connectivity index (χ3n) is 4.93. The van der Waals surface area contributed by atoms with Crippen molar-refractivity contribution in [1.29, 1.82) is 0 Å². The number of carbonyl (C=O) groups is 1. The molecule has 3 aromatic carbocycles. The summed E-state index contributed by atoms with van der Waals surface area (Å²) in [6.07, 6.45) is 1.53. The van der Waals surface area contributed by atoms with Gasteiger partial charge in [-0.3, -0.25) is 0 Å². The molecule has 2 heterocycles. The van der Waals surface area contributed by atoms with Crippen molar-refractivity contribution in [2.24, 2.45) is 0 Å². The van der Waals surface area contributed by atoms with E-state index in [1.54, 1.807) is 48.5 Å². The van der Waals surface area contributed by atoms with Crippen molar-refractivity contribution in [3.63, 3.8) is 0 Å². The van der Waals surface area contributed by atoms with E-state index in [0.717, 1.165) is 23.1 Å². The molecule has 5 rings (SSSR count). The van der Waals surface area contributed by atoms with Gasteiger partial charge in [-0.05, 0) is 77.5 Å². The normalized spacial score (nSPS) is 12.5. The summed E-state index contributed by atoms with van der Waals surface area (Å²) in [6, 6.07) is 19.6. The standard InChI is InChI=1S/C25H17ClN2O6S/c26-18-6-4-17(5-7-18)23-27-28-25(34-23)35-22(24(29)30)12-15-1-8-19(9-2-15)31-13-16-3-10-20-21(11-16)33-14-32-20/h1-12H,13-14H2,(H,29,30)/b22-12-. The highest BCUT2D eigenvalue weighted by atomic mass is 35.5. The fraction of sp³-hybridized carbons (Fsp3) is 0.0800. The van der Waals surface area contributed by atoms with Gasteiger partial charge in [-0.25, -0.2) is 4.79 Å². The third-order valence-corrected chi connectivity index (χ3v) is 6.03. The van der Waals surface area contributed by atoms with E-state index < -0.39 is 5.97 Å². The summed E-state index contributed by atoms with van der Waals surface area (Å²) in [4.78, 5) is 11.8. The van der Waals surface area contributed by atoms with E-state index in [2.05, 4.69) is 10.2 Å². The van der Waals surface area contributed by atoms with Gasteiger partial charge in [-0.15, -0.1) is 10.2 Å². The Labute approximate surface area is 209 Å². The van der Waals surface area contributed by atoms with Gasteiger partial charge in [-0.1, -0.05) is 29.8 Å². The topological polar surface area (TPSA) is 104 Å². The van der Waals surface area contributed by atoms with Crippen LogP contribution in [-0.4, -0.2) is 28.1 Å². The Morgan fingerprint density at radius 3 is 2.57 bits per heavy atom. The average Bonchev–Trinajstić information content (AvgIpc) is 3.53. The van der Waals surface area contributed by atoms with E-state index in [1.165, 1.54) is 6.08 Å². The van der Waals surface area contributed by atoms with Crippen LogP contribution in [0.5, 0.6) is 17.2 Å². The summed E-state index contributed by atoms with van der Waals surface area (Å²) >= 11 is 6.77. The zero-order valence-electron chi connectivity index (χ0n) is 18.0. The monoisotopic (exact) mass is 508 g/mol. The van der Waals surface area contributed by atoms with E-state index in [9.17, 15) is 9.90 Å². The summed E-state index contributed by atoms with van der Waals surface area (Å²) in [6.45, 7) is 0.580. The average molecular weight is 509 g/mol. The number of rotatable bonds is 8. The maximum atomic E-state index is 11.8. The Morgan fingerprint density at radius 2 is 1.80 bits per heavy atom. The number of fused-ring (bicyclic) bond motifs is 1. The fourth-order valence-electron chi connectivity index (χ4n) is 3.20. The van der Waals surface area contributed by atoms with Crippen molar-refractivity contribution < 1.29 is 28.5 Å². The van der Waals surface area contributed by atoms with Gasteiger partial charge in [0.1, 0.15) is 17.3 Å². The first kappa shape index (κ1) is 22.8. The number of hydrogen-bond acceptors (Lipinski definition) is 8. The van der Waals surface area contributed by atoms with Crippen LogP contribution in [0.25, 0.3) is 17.5 Å². The first-order valence-corrected chi connectivity index (χ1v) is 11.6. The maximum Gasteiger partial charge on any atom is 0.342 e. The van der Waals surface area contributed by atoms with E-state index >= 15 is 0 Å². The van der Waals surface area contributed by atoms with Crippen LogP contribution in [0.15, 0.2) is 81.3 Å². The molecule has 0 unspecified atom stereocenters. The van der Waals surface area contributed by atoms with Crippen molar-refractivity contribution in [3.05, 3.63) is 87.8 Å². The molecule has 1 aromatic heterocycles. The van der Waals surface area contributed by atoms with E-state index in [0.29, 0.717) is 34.3 Å². The van der Waals surface area contributed by atoms with Gasteiger partial charge in [0, 0.05) is 10.6 Å². The van der Waals surface area contributed by atoms with Gasteiger partial charge < -0.3 is 23.7 Å². The number of carboxylic acid groups (broad SMARTS) is 1. The van der Waals surface area contributed by atoms with Crippen LogP contribution in [0.4, 0.5) is 0 Å². The number of aliphatic carboxylic acids is 1. The maximum absolute atomic E-state index is 11.8. The predicted octanol–water partition coefficient (Wildman–Crippen LogP) is 5.92. The zero-order chi connectivity index (χ0) is 24.2. The number of aromatic nitrogens is 2. The lowest BCUT2D eigenvalue weighted by Gasteiger charge is -2.07. The molecule has 0 aliphatic carbocycles. The molecule has 0 saturated carbocycles. The zero-order valence-corrected chi connectivity index (χ0v) is 19.6. The van der Waals surface area contributed by atoms with Crippen molar-refractivity contribution >= 4 is 35.4 Å². The number of hydrogen-bond donors (Lipinski definition) is 1. The summed E-state index contributed by atoms with van der Waals surface area (Å²) in [5, 5.41) is 18.3. The summed E-state index contributed by atoms with van der Waals surface area (Å²) in [5.41, 5.74) is 2.31. The molecule has 4 aromatic rings. The van der Waals surface area contributed by atoms with Gasteiger partial charge in [0.2, 0.25) is 12.7 Å². The summed E-state index contributed by atoms with van der Waals surface area (Å²) in [7, 11) is 0. The minimum absolute atomic E-state index is 0.0327. The Kier molecular flexibility index (Phi) is 6.60. The quantitative estimate of drug-likeness (QED) is 0.229. The van der Waals surface area contributed by atoms with Gasteiger partial charge in [0.25, 0.3) is 5.22 Å². The highest BCUT2D eigenvalue weighted by Gasteiger charge is 2.16. The van der Waals surface area contributed by atoms with Crippen LogP contribution in [0.1, 0.15) is 11.1 Å². The predicted molar refractivity (Wildman–Crippen MR) is 130 cm³/mol. The van der Waals surface area contributed by atoms with E-state index in [1.807, 2.05) is 18.2 Å². The second kappa shape index (κ2) is 10.1. The molecular weight excluding hydrogens is 492 g/mol. The number of ether oxygens (including phenoxy) is 3. The van der Waals surface area contributed by atoms with Crippen LogP contribution in [0.3, 0.4) is 0 Å². The molecule has 0 amide bonds. The summed E-state index contributed by atoms with van der Waals surface area (Å²) < 4.78 is 22.1. The minimum atomic E-state index is -1.11. The van der Waals surface area contributed by atoms with Gasteiger partial charge in [0.15, 0.2) is 11.5 Å². The Bertz CT molecular complexity index is 1390. The Hall–Kier alpha value is -3.95.